The number of hydrogen-bond donors (Lipinski definition) is 1. The molecule has 9 heteroatoms. The van der Waals surface area contributed by atoms with Crippen molar-refractivity contribution in [1.29, 1.82) is 0 Å². The van der Waals surface area contributed by atoms with Crippen LogP contribution in [-0.4, -0.2) is 22.1 Å². The predicted octanol–water partition coefficient (Wildman–Crippen LogP) is 4.52. The highest BCUT2D eigenvalue weighted by Gasteiger charge is 2.32. The van der Waals surface area contributed by atoms with E-state index in [4.69, 9.17) is 27.6 Å². The van der Waals surface area contributed by atoms with Crippen molar-refractivity contribution >= 4 is 68.5 Å². The maximum atomic E-state index is 12.4. The summed E-state index contributed by atoms with van der Waals surface area (Å²) < 4.78 is 5.29. The van der Waals surface area contributed by atoms with Crippen LogP contribution in [0.3, 0.4) is 0 Å². The van der Waals surface area contributed by atoms with E-state index in [1.807, 2.05) is 6.07 Å². The van der Waals surface area contributed by atoms with Gasteiger partial charge in [0.15, 0.2) is 0 Å². The number of carbonyl (C=O) groups excluding carboxylic acids is 2. The highest BCUT2D eigenvalue weighted by Crippen LogP contribution is 2.32. The molecule has 29 heavy (non-hydrogen) atoms. The average molecular weight is 447 g/mol. The number of nitrogens with zero attached hydrogens (tertiary/aromatic N) is 1. The summed E-state index contributed by atoms with van der Waals surface area (Å²) in [5.41, 5.74) is 0.419. The smallest absolute Gasteiger partial charge is 0.346 e. The van der Waals surface area contributed by atoms with Gasteiger partial charge >= 0.3 is 5.63 Å². The van der Waals surface area contributed by atoms with Crippen molar-refractivity contribution in [2.75, 3.05) is 5.32 Å². The molecule has 0 saturated carbocycles. The molecule has 2 aromatic carbocycles. The lowest BCUT2D eigenvalue weighted by molar-refractivity contribution is -0.121. The minimum atomic E-state index is -0.742. The number of anilines is 1. The highest BCUT2D eigenvalue weighted by atomic mass is 35.5. The number of benzene rings is 2. The number of hydrogen-bond acceptors (Lipinski definition) is 5. The fourth-order valence-corrected chi connectivity index (χ4v) is 4.23. The maximum absolute atomic E-state index is 12.4. The number of amides is 2. The molecule has 0 bridgehead atoms. The summed E-state index contributed by atoms with van der Waals surface area (Å²) in [6, 6.07) is 13.6. The third kappa shape index (κ3) is 4.07. The van der Waals surface area contributed by atoms with Gasteiger partial charge in [-0.3, -0.25) is 9.59 Å². The number of halogens is 2. The van der Waals surface area contributed by atoms with Gasteiger partial charge in [0.2, 0.25) is 5.91 Å². The Balaban J connectivity index is 1.50. The first-order valence-corrected chi connectivity index (χ1v) is 10.1. The summed E-state index contributed by atoms with van der Waals surface area (Å²) in [4.78, 5) is 40.9. The number of aliphatic imine (C=N–C) groups is 1. The van der Waals surface area contributed by atoms with E-state index in [9.17, 15) is 14.4 Å². The zero-order valence-electron chi connectivity index (χ0n) is 14.6. The van der Waals surface area contributed by atoms with Gasteiger partial charge in [0, 0.05) is 11.8 Å². The van der Waals surface area contributed by atoms with Gasteiger partial charge < -0.3 is 9.73 Å². The second kappa shape index (κ2) is 8.02. The Morgan fingerprint density at radius 3 is 2.76 bits per heavy atom. The quantitative estimate of drug-likeness (QED) is 0.595. The van der Waals surface area contributed by atoms with Crippen LogP contribution in [0.2, 0.25) is 10.0 Å². The Morgan fingerprint density at radius 2 is 1.93 bits per heavy atom. The zero-order valence-corrected chi connectivity index (χ0v) is 17.0. The largest absolute Gasteiger partial charge is 0.422 e. The molecular formula is C20H12Cl2N2O4S. The number of thioether (sulfide) groups is 1. The summed E-state index contributed by atoms with van der Waals surface area (Å²) in [7, 11) is 0. The molecule has 1 aliphatic rings. The SMILES string of the molecule is O=C(C[C@H]1SC(c2cc3ccccc3oc2=O)=NC1=O)Nc1cccc(Cl)c1Cl. The van der Waals surface area contributed by atoms with Gasteiger partial charge in [-0.15, -0.1) is 0 Å². The predicted molar refractivity (Wildman–Crippen MR) is 115 cm³/mol. The van der Waals surface area contributed by atoms with Crippen LogP contribution in [0.5, 0.6) is 0 Å². The van der Waals surface area contributed by atoms with Crippen LogP contribution in [0.25, 0.3) is 11.0 Å². The number of rotatable bonds is 4. The molecule has 2 amide bonds. The van der Waals surface area contributed by atoms with Gasteiger partial charge in [-0.2, -0.15) is 0 Å². The van der Waals surface area contributed by atoms with E-state index in [1.54, 1.807) is 42.5 Å². The second-order valence-corrected chi connectivity index (χ2v) is 8.18. The lowest BCUT2D eigenvalue weighted by atomic mass is 10.2. The van der Waals surface area contributed by atoms with Crippen molar-refractivity contribution in [1.82, 2.24) is 0 Å². The molecule has 1 atom stereocenters. The van der Waals surface area contributed by atoms with E-state index in [2.05, 4.69) is 10.3 Å². The van der Waals surface area contributed by atoms with Gasteiger partial charge in [-0.25, -0.2) is 9.79 Å². The van der Waals surface area contributed by atoms with Gasteiger partial charge in [0.1, 0.15) is 15.9 Å². The molecule has 0 fully saturated rings. The van der Waals surface area contributed by atoms with Crippen LogP contribution in [0.4, 0.5) is 5.69 Å². The minimum absolute atomic E-state index is 0.127. The highest BCUT2D eigenvalue weighted by molar-refractivity contribution is 8.16. The standard InChI is InChI=1S/C20H12Cl2N2O4S/c21-12-5-3-6-13(17(12)22)23-16(25)9-15-18(26)24-19(29-15)11-8-10-4-1-2-7-14(10)28-20(11)27/h1-8,15H,9H2,(H,23,25)/t15-/m1/s1. The van der Waals surface area contributed by atoms with Gasteiger partial charge in [0.25, 0.3) is 5.91 Å². The molecule has 0 aliphatic carbocycles. The van der Waals surface area contributed by atoms with E-state index < -0.39 is 22.7 Å². The first-order chi connectivity index (χ1) is 13.9. The van der Waals surface area contributed by atoms with E-state index in [-0.39, 0.29) is 22.1 Å². The summed E-state index contributed by atoms with van der Waals surface area (Å²) in [5, 5.41) is 3.39. The molecule has 4 rings (SSSR count). The van der Waals surface area contributed by atoms with E-state index in [1.165, 1.54) is 0 Å². The van der Waals surface area contributed by atoms with Crippen LogP contribution >= 0.6 is 35.0 Å². The monoisotopic (exact) mass is 446 g/mol. The van der Waals surface area contributed by atoms with Crippen molar-refractivity contribution in [3.05, 3.63) is 74.6 Å². The zero-order chi connectivity index (χ0) is 20.5. The Kier molecular flexibility index (Phi) is 5.45. The first-order valence-electron chi connectivity index (χ1n) is 8.48. The number of para-hydroxylation sites is 1. The van der Waals surface area contributed by atoms with Crippen LogP contribution < -0.4 is 10.9 Å². The molecule has 1 N–H and O–H groups in total. The fraction of sp³-hybridized carbons (Fsp3) is 0.100. The van der Waals surface area contributed by atoms with Gasteiger partial charge in [-0.05, 0) is 24.3 Å². The Morgan fingerprint density at radius 1 is 1.14 bits per heavy atom. The molecule has 146 valence electrons. The van der Waals surface area contributed by atoms with Crippen LogP contribution in [0.15, 0.2) is 62.7 Å². The summed E-state index contributed by atoms with van der Waals surface area (Å²) in [6.07, 6.45) is -0.127. The number of carbonyl (C=O) groups is 2. The van der Waals surface area contributed by atoms with E-state index in [0.717, 1.165) is 17.1 Å². The molecule has 0 spiro atoms. The molecule has 0 radical (unpaired) electrons. The molecule has 3 aromatic rings. The van der Waals surface area contributed by atoms with E-state index in [0.29, 0.717) is 16.3 Å². The summed E-state index contributed by atoms with van der Waals surface area (Å²) >= 11 is 13.1. The molecule has 1 aromatic heterocycles. The normalized spacial score (nSPS) is 16.1. The van der Waals surface area contributed by atoms with Crippen molar-refractivity contribution in [2.45, 2.75) is 11.7 Å². The average Bonchev–Trinajstić information content (AvgIpc) is 3.05. The molecule has 0 saturated heterocycles. The lowest BCUT2D eigenvalue weighted by Crippen LogP contribution is -2.21. The summed E-state index contributed by atoms with van der Waals surface area (Å²) in [6.45, 7) is 0. The fourth-order valence-electron chi connectivity index (χ4n) is 2.82. The van der Waals surface area contributed by atoms with Crippen LogP contribution in [0.1, 0.15) is 12.0 Å². The number of fused-ring (bicyclic) bond motifs is 1. The van der Waals surface area contributed by atoms with Crippen molar-refractivity contribution in [3.63, 3.8) is 0 Å². The second-order valence-electron chi connectivity index (χ2n) is 6.20. The number of nitrogens with one attached hydrogen (secondary N) is 1. The Bertz CT molecular complexity index is 1240. The molecule has 2 heterocycles. The first kappa shape index (κ1) is 19.7. The van der Waals surface area contributed by atoms with Gasteiger partial charge in [-0.1, -0.05) is 59.2 Å². The Hall–Kier alpha value is -2.61. The van der Waals surface area contributed by atoms with Crippen molar-refractivity contribution in [3.8, 4) is 0 Å². The van der Waals surface area contributed by atoms with Crippen LogP contribution in [0, 0.1) is 0 Å². The van der Waals surface area contributed by atoms with E-state index >= 15 is 0 Å². The minimum Gasteiger partial charge on any atom is -0.422 e. The molecule has 6 nitrogen and oxygen atoms in total. The maximum Gasteiger partial charge on any atom is 0.346 e. The van der Waals surface area contributed by atoms with Crippen molar-refractivity contribution < 1.29 is 14.0 Å². The van der Waals surface area contributed by atoms with Gasteiger partial charge in [0.05, 0.1) is 21.3 Å². The lowest BCUT2D eigenvalue weighted by Gasteiger charge is -2.10. The molecule has 0 unspecified atom stereocenters. The molecule has 1 aliphatic heterocycles. The Labute approximate surface area is 178 Å². The molecular weight excluding hydrogens is 435 g/mol. The van der Waals surface area contributed by atoms with Crippen molar-refractivity contribution in [2.24, 2.45) is 4.99 Å². The topological polar surface area (TPSA) is 88.7 Å². The van der Waals surface area contributed by atoms with Crippen LogP contribution in [-0.2, 0) is 9.59 Å². The summed E-state index contributed by atoms with van der Waals surface area (Å²) in [5.74, 6) is -0.896. The third-order valence-electron chi connectivity index (χ3n) is 4.21. The third-order valence-corrected chi connectivity index (χ3v) is 6.22.